The van der Waals surface area contributed by atoms with Crippen LogP contribution < -0.4 is 0 Å². The minimum Gasteiger partial charge on any atom is -0.480 e. The summed E-state index contributed by atoms with van der Waals surface area (Å²) in [7, 11) is 0. The molecule has 82 valence electrons. The molecular weight excluding hydrogens is 178 g/mol. The van der Waals surface area contributed by atoms with Crippen LogP contribution in [0, 0.1) is 0 Å². The minimum absolute atomic E-state index is 0.313. The van der Waals surface area contributed by atoms with Crippen molar-refractivity contribution in [3.8, 4) is 0 Å². The van der Waals surface area contributed by atoms with Gasteiger partial charge in [-0.25, -0.2) is 0 Å². The zero-order valence-electron chi connectivity index (χ0n) is 9.20. The fraction of sp³-hybridized carbons (Fsp3) is 0.909. The molecule has 0 bridgehead atoms. The average molecular weight is 199 g/mol. The van der Waals surface area contributed by atoms with Gasteiger partial charge in [-0.3, -0.25) is 9.69 Å². The van der Waals surface area contributed by atoms with E-state index < -0.39 is 5.97 Å². The Hall–Kier alpha value is -0.570. The van der Waals surface area contributed by atoms with Gasteiger partial charge < -0.3 is 5.11 Å². The maximum absolute atomic E-state index is 10.9. The van der Waals surface area contributed by atoms with Crippen LogP contribution in [-0.4, -0.2) is 34.6 Å². The first kappa shape index (κ1) is 11.5. The van der Waals surface area contributed by atoms with Crippen molar-refractivity contribution >= 4 is 5.97 Å². The molecule has 1 heterocycles. The summed E-state index contributed by atoms with van der Waals surface area (Å²) in [6, 6.07) is 0.187. The zero-order chi connectivity index (χ0) is 10.6. The standard InChI is InChI=1S/C11H21NO2/c1-3-6-10-7-4-5-8-12(10)9(2)11(13)14/h9-10H,3-8H2,1-2H3,(H,13,14). The highest BCUT2D eigenvalue weighted by Crippen LogP contribution is 2.22. The molecule has 3 nitrogen and oxygen atoms in total. The van der Waals surface area contributed by atoms with Gasteiger partial charge in [0, 0.05) is 6.04 Å². The molecule has 3 heteroatoms. The maximum atomic E-state index is 10.9. The van der Waals surface area contributed by atoms with Crippen molar-refractivity contribution < 1.29 is 9.90 Å². The fourth-order valence-electron chi connectivity index (χ4n) is 2.32. The van der Waals surface area contributed by atoms with E-state index in [9.17, 15) is 4.79 Å². The summed E-state index contributed by atoms with van der Waals surface area (Å²) < 4.78 is 0. The van der Waals surface area contributed by atoms with E-state index in [0.29, 0.717) is 6.04 Å². The summed E-state index contributed by atoms with van der Waals surface area (Å²) in [6.07, 6.45) is 5.86. The zero-order valence-corrected chi connectivity index (χ0v) is 9.20. The Morgan fingerprint density at radius 2 is 2.29 bits per heavy atom. The molecule has 1 aliphatic heterocycles. The van der Waals surface area contributed by atoms with Gasteiger partial charge in [-0.15, -0.1) is 0 Å². The Morgan fingerprint density at radius 3 is 2.86 bits per heavy atom. The number of hydrogen-bond donors (Lipinski definition) is 1. The van der Waals surface area contributed by atoms with Crippen LogP contribution >= 0.6 is 0 Å². The summed E-state index contributed by atoms with van der Waals surface area (Å²) in [5.74, 6) is -0.687. The normalized spacial score (nSPS) is 26.0. The Kier molecular flexibility index (Phi) is 4.39. The van der Waals surface area contributed by atoms with Gasteiger partial charge in [0.15, 0.2) is 0 Å². The second kappa shape index (κ2) is 5.35. The van der Waals surface area contributed by atoms with Crippen LogP contribution in [0.3, 0.4) is 0 Å². The molecule has 14 heavy (non-hydrogen) atoms. The van der Waals surface area contributed by atoms with Gasteiger partial charge in [0.2, 0.25) is 0 Å². The summed E-state index contributed by atoms with van der Waals surface area (Å²) in [4.78, 5) is 13.1. The van der Waals surface area contributed by atoms with E-state index in [0.717, 1.165) is 25.8 Å². The van der Waals surface area contributed by atoms with Crippen LogP contribution in [0.25, 0.3) is 0 Å². The number of nitrogens with zero attached hydrogens (tertiary/aromatic N) is 1. The molecule has 0 aliphatic carbocycles. The first-order valence-electron chi connectivity index (χ1n) is 5.65. The molecule has 0 amide bonds. The van der Waals surface area contributed by atoms with Gasteiger partial charge in [0.25, 0.3) is 0 Å². The predicted octanol–water partition coefficient (Wildman–Crippen LogP) is 2.11. The van der Waals surface area contributed by atoms with Gasteiger partial charge >= 0.3 is 5.97 Å². The lowest BCUT2D eigenvalue weighted by molar-refractivity contribution is -0.144. The molecule has 1 saturated heterocycles. The molecule has 0 aromatic rings. The molecule has 0 aromatic heterocycles. The lowest BCUT2D eigenvalue weighted by atomic mass is 9.96. The van der Waals surface area contributed by atoms with Crippen LogP contribution in [0.15, 0.2) is 0 Å². The third-order valence-corrected chi connectivity index (χ3v) is 3.15. The van der Waals surface area contributed by atoms with Crippen molar-refractivity contribution in [2.45, 2.75) is 58.0 Å². The largest absolute Gasteiger partial charge is 0.480 e. The van der Waals surface area contributed by atoms with Crippen LogP contribution in [0.4, 0.5) is 0 Å². The Bertz CT molecular complexity index is 192. The van der Waals surface area contributed by atoms with Crippen molar-refractivity contribution in [2.24, 2.45) is 0 Å². The van der Waals surface area contributed by atoms with Crippen molar-refractivity contribution in [3.05, 3.63) is 0 Å². The highest BCUT2D eigenvalue weighted by molar-refractivity contribution is 5.72. The highest BCUT2D eigenvalue weighted by Gasteiger charge is 2.29. The third kappa shape index (κ3) is 2.71. The molecule has 0 spiro atoms. The number of carboxylic acid groups (broad SMARTS) is 1. The van der Waals surface area contributed by atoms with Gasteiger partial charge in [0.1, 0.15) is 6.04 Å². The fourth-order valence-corrected chi connectivity index (χ4v) is 2.32. The molecule has 1 rings (SSSR count). The number of carbonyl (C=O) groups is 1. The number of rotatable bonds is 4. The second-order valence-electron chi connectivity index (χ2n) is 4.19. The van der Waals surface area contributed by atoms with Crippen molar-refractivity contribution in [3.63, 3.8) is 0 Å². The summed E-state index contributed by atoms with van der Waals surface area (Å²) in [6.45, 7) is 4.92. The molecule has 2 atom stereocenters. The van der Waals surface area contributed by atoms with E-state index >= 15 is 0 Å². The number of carboxylic acids is 1. The first-order chi connectivity index (χ1) is 6.66. The van der Waals surface area contributed by atoms with Crippen molar-refractivity contribution in [1.29, 1.82) is 0 Å². The van der Waals surface area contributed by atoms with E-state index in [1.807, 2.05) is 0 Å². The molecule has 1 fully saturated rings. The van der Waals surface area contributed by atoms with Crippen LogP contribution in [0.5, 0.6) is 0 Å². The lowest BCUT2D eigenvalue weighted by Crippen LogP contribution is -2.48. The van der Waals surface area contributed by atoms with E-state index in [1.165, 1.54) is 12.8 Å². The summed E-state index contributed by atoms with van der Waals surface area (Å²) in [5, 5.41) is 8.98. The molecule has 0 radical (unpaired) electrons. The molecule has 0 saturated carbocycles. The second-order valence-corrected chi connectivity index (χ2v) is 4.19. The number of likely N-dealkylation sites (tertiary alicyclic amines) is 1. The van der Waals surface area contributed by atoms with Gasteiger partial charge in [-0.05, 0) is 32.7 Å². The van der Waals surface area contributed by atoms with Crippen LogP contribution in [-0.2, 0) is 4.79 Å². The van der Waals surface area contributed by atoms with Crippen molar-refractivity contribution in [1.82, 2.24) is 4.90 Å². The van der Waals surface area contributed by atoms with Gasteiger partial charge in [0.05, 0.1) is 0 Å². The number of hydrogen-bond acceptors (Lipinski definition) is 2. The number of aliphatic carboxylic acids is 1. The van der Waals surface area contributed by atoms with Crippen LogP contribution in [0.2, 0.25) is 0 Å². The smallest absolute Gasteiger partial charge is 0.320 e. The van der Waals surface area contributed by atoms with Gasteiger partial charge in [-0.2, -0.15) is 0 Å². The quantitative estimate of drug-likeness (QED) is 0.754. The first-order valence-corrected chi connectivity index (χ1v) is 5.65. The lowest BCUT2D eigenvalue weighted by Gasteiger charge is -2.38. The molecule has 0 aromatic carbocycles. The van der Waals surface area contributed by atoms with E-state index in [1.54, 1.807) is 6.92 Å². The Balaban J connectivity index is 2.57. The van der Waals surface area contributed by atoms with E-state index in [-0.39, 0.29) is 6.04 Å². The topological polar surface area (TPSA) is 40.5 Å². The summed E-state index contributed by atoms with van der Waals surface area (Å²) >= 11 is 0. The summed E-state index contributed by atoms with van der Waals surface area (Å²) in [5.41, 5.74) is 0. The monoisotopic (exact) mass is 199 g/mol. The Morgan fingerprint density at radius 1 is 1.57 bits per heavy atom. The van der Waals surface area contributed by atoms with E-state index in [4.69, 9.17) is 5.11 Å². The van der Waals surface area contributed by atoms with E-state index in [2.05, 4.69) is 11.8 Å². The molecular formula is C11H21NO2. The average Bonchev–Trinajstić information content (AvgIpc) is 2.18. The van der Waals surface area contributed by atoms with Gasteiger partial charge in [-0.1, -0.05) is 19.8 Å². The Labute approximate surface area is 86.1 Å². The molecule has 1 N–H and O–H groups in total. The minimum atomic E-state index is -0.687. The predicted molar refractivity (Wildman–Crippen MR) is 56.4 cm³/mol. The van der Waals surface area contributed by atoms with Crippen LogP contribution in [0.1, 0.15) is 46.0 Å². The molecule has 1 aliphatic rings. The van der Waals surface area contributed by atoms with Crippen molar-refractivity contribution in [2.75, 3.05) is 6.54 Å². The SMILES string of the molecule is CCCC1CCCCN1C(C)C(=O)O. The number of piperidine rings is 1. The molecule has 2 unspecified atom stereocenters. The maximum Gasteiger partial charge on any atom is 0.320 e. The highest BCUT2D eigenvalue weighted by atomic mass is 16.4. The third-order valence-electron chi connectivity index (χ3n) is 3.15.